The van der Waals surface area contributed by atoms with Crippen molar-refractivity contribution in [2.45, 2.75) is 33.2 Å². The number of nitrogens with two attached hydrogens (primary N) is 1. The van der Waals surface area contributed by atoms with Gasteiger partial charge >= 0.3 is 0 Å². The molecule has 0 bridgehead atoms. The number of nitrogens with one attached hydrogen (secondary N) is 2. The highest BCUT2D eigenvalue weighted by Gasteiger charge is 2.23. The van der Waals surface area contributed by atoms with Gasteiger partial charge in [0.2, 0.25) is 15.9 Å². The molecule has 0 fully saturated rings. The number of hydrogen-bond donors (Lipinski definition) is 3. The number of anilines is 2. The summed E-state index contributed by atoms with van der Waals surface area (Å²) in [5.74, 6) is -0.623. The van der Waals surface area contributed by atoms with Gasteiger partial charge in [-0.05, 0) is 36.6 Å². The summed E-state index contributed by atoms with van der Waals surface area (Å²) in [6.45, 7) is 5.34. The standard InChI is InChI=1S/C20H27N3O3S.ClH/c1-4-13-27(25,26)23-18-12-8-11-17(14(18)2)22-20(24)15(3)19(21)16-9-6-5-7-10-16;/h5-12,15,19,23H,4,13,21H2,1-3H3,(H,22,24);1H. The Kier molecular flexibility index (Phi) is 8.94. The first-order valence-corrected chi connectivity index (χ1v) is 10.6. The fourth-order valence-corrected chi connectivity index (χ4v) is 3.94. The molecule has 0 aliphatic heterocycles. The number of benzene rings is 2. The van der Waals surface area contributed by atoms with Gasteiger partial charge in [-0.15, -0.1) is 12.4 Å². The molecule has 0 spiro atoms. The summed E-state index contributed by atoms with van der Waals surface area (Å²) >= 11 is 0. The van der Waals surface area contributed by atoms with Gasteiger partial charge in [0.15, 0.2) is 0 Å². The molecule has 2 unspecified atom stereocenters. The Labute approximate surface area is 173 Å². The molecule has 0 saturated carbocycles. The third-order valence-corrected chi connectivity index (χ3v) is 5.94. The van der Waals surface area contributed by atoms with E-state index >= 15 is 0 Å². The molecule has 0 heterocycles. The zero-order chi connectivity index (χ0) is 20.0. The Morgan fingerprint density at radius 2 is 1.68 bits per heavy atom. The highest BCUT2D eigenvalue weighted by Crippen LogP contribution is 2.26. The van der Waals surface area contributed by atoms with Gasteiger partial charge in [-0.1, -0.05) is 50.2 Å². The van der Waals surface area contributed by atoms with Crippen molar-refractivity contribution in [3.63, 3.8) is 0 Å². The van der Waals surface area contributed by atoms with E-state index in [0.29, 0.717) is 23.4 Å². The summed E-state index contributed by atoms with van der Waals surface area (Å²) in [4.78, 5) is 12.6. The van der Waals surface area contributed by atoms with Crippen molar-refractivity contribution >= 4 is 39.7 Å². The van der Waals surface area contributed by atoms with E-state index in [2.05, 4.69) is 10.0 Å². The fourth-order valence-electron chi connectivity index (χ4n) is 2.74. The highest BCUT2D eigenvalue weighted by molar-refractivity contribution is 7.92. The predicted octanol–water partition coefficient (Wildman–Crippen LogP) is 3.84. The van der Waals surface area contributed by atoms with E-state index in [4.69, 9.17) is 5.73 Å². The van der Waals surface area contributed by atoms with Gasteiger partial charge in [0.25, 0.3) is 0 Å². The molecule has 2 aromatic carbocycles. The van der Waals surface area contributed by atoms with Crippen molar-refractivity contribution in [2.24, 2.45) is 11.7 Å². The topological polar surface area (TPSA) is 101 Å². The minimum atomic E-state index is -3.40. The molecule has 2 rings (SSSR count). The van der Waals surface area contributed by atoms with E-state index in [9.17, 15) is 13.2 Å². The van der Waals surface area contributed by atoms with Gasteiger partial charge in [0.05, 0.1) is 17.4 Å². The van der Waals surface area contributed by atoms with Crippen LogP contribution in [-0.4, -0.2) is 20.1 Å². The largest absolute Gasteiger partial charge is 0.325 e. The van der Waals surface area contributed by atoms with Crippen LogP contribution in [0.2, 0.25) is 0 Å². The summed E-state index contributed by atoms with van der Waals surface area (Å²) in [7, 11) is -3.40. The van der Waals surface area contributed by atoms with Crippen LogP contribution in [0, 0.1) is 12.8 Å². The van der Waals surface area contributed by atoms with E-state index in [1.165, 1.54) is 0 Å². The normalized spacial score (nSPS) is 13.1. The molecule has 0 aliphatic carbocycles. The van der Waals surface area contributed by atoms with Crippen LogP contribution < -0.4 is 15.8 Å². The molecule has 0 saturated heterocycles. The number of halogens is 1. The third-order valence-electron chi connectivity index (χ3n) is 4.47. The molecular formula is C20H28ClN3O3S. The predicted molar refractivity (Wildman–Crippen MR) is 117 cm³/mol. The lowest BCUT2D eigenvalue weighted by molar-refractivity contribution is -0.120. The molecule has 4 N–H and O–H groups in total. The molecule has 6 nitrogen and oxygen atoms in total. The van der Waals surface area contributed by atoms with Crippen LogP contribution in [-0.2, 0) is 14.8 Å². The summed E-state index contributed by atoms with van der Waals surface area (Å²) < 4.78 is 26.6. The van der Waals surface area contributed by atoms with Gasteiger partial charge in [-0.25, -0.2) is 8.42 Å². The summed E-state index contributed by atoms with van der Waals surface area (Å²) in [5.41, 5.74) is 8.79. The lowest BCUT2D eigenvalue weighted by atomic mass is 9.94. The Hall–Kier alpha value is -2.09. The number of hydrogen-bond acceptors (Lipinski definition) is 4. The molecular weight excluding hydrogens is 398 g/mol. The van der Waals surface area contributed by atoms with Gasteiger partial charge in [0, 0.05) is 11.7 Å². The Morgan fingerprint density at radius 3 is 2.29 bits per heavy atom. The van der Waals surface area contributed by atoms with E-state index < -0.39 is 22.0 Å². The maximum atomic E-state index is 12.6. The second-order valence-corrected chi connectivity index (χ2v) is 8.46. The maximum Gasteiger partial charge on any atom is 0.232 e. The smallest absolute Gasteiger partial charge is 0.232 e. The van der Waals surface area contributed by atoms with E-state index in [0.717, 1.165) is 5.56 Å². The van der Waals surface area contributed by atoms with Crippen LogP contribution in [0.1, 0.15) is 37.4 Å². The SMILES string of the molecule is CCCS(=O)(=O)Nc1cccc(NC(=O)C(C)C(N)c2ccccc2)c1C.Cl. The first kappa shape index (κ1) is 23.9. The van der Waals surface area contributed by atoms with Crippen LogP contribution >= 0.6 is 12.4 Å². The van der Waals surface area contributed by atoms with Crippen molar-refractivity contribution in [3.8, 4) is 0 Å². The van der Waals surface area contributed by atoms with Crippen LogP contribution in [0.15, 0.2) is 48.5 Å². The van der Waals surface area contributed by atoms with Crippen LogP contribution in [0.3, 0.4) is 0 Å². The van der Waals surface area contributed by atoms with Crippen molar-refractivity contribution in [2.75, 3.05) is 15.8 Å². The molecule has 0 aromatic heterocycles. The molecule has 28 heavy (non-hydrogen) atoms. The molecule has 2 aromatic rings. The Bertz CT molecular complexity index is 889. The van der Waals surface area contributed by atoms with Crippen molar-refractivity contribution in [1.29, 1.82) is 0 Å². The molecule has 2 atom stereocenters. The first-order valence-electron chi connectivity index (χ1n) is 8.96. The Morgan fingerprint density at radius 1 is 1.07 bits per heavy atom. The number of carbonyl (C=O) groups excluding carboxylic acids is 1. The number of amides is 1. The van der Waals surface area contributed by atoms with Crippen LogP contribution in [0.5, 0.6) is 0 Å². The average Bonchev–Trinajstić information content (AvgIpc) is 2.64. The quantitative estimate of drug-likeness (QED) is 0.597. The molecule has 154 valence electrons. The number of sulfonamides is 1. The molecule has 8 heteroatoms. The van der Waals surface area contributed by atoms with Crippen LogP contribution in [0.25, 0.3) is 0 Å². The lowest BCUT2D eigenvalue weighted by Crippen LogP contribution is -2.30. The second kappa shape index (κ2) is 10.5. The minimum absolute atomic E-state index is 0. The molecule has 0 radical (unpaired) electrons. The molecule has 1 amide bonds. The zero-order valence-corrected chi connectivity index (χ0v) is 17.9. The maximum absolute atomic E-state index is 12.6. The zero-order valence-electron chi connectivity index (χ0n) is 16.3. The number of carbonyl (C=O) groups is 1. The lowest BCUT2D eigenvalue weighted by Gasteiger charge is -2.21. The van der Waals surface area contributed by atoms with Gasteiger partial charge in [0.1, 0.15) is 0 Å². The van der Waals surface area contributed by atoms with Gasteiger partial charge in [-0.2, -0.15) is 0 Å². The first-order chi connectivity index (χ1) is 12.7. The summed E-state index contributed by atoms with van der Waals surface area (Å²) in [5, 5.41) is 2.87. The van der Waals surface area contributed by atoms with E-state index in [1.807, 2.05) is 30.3 Å². The minimum Gasteiger partial charge on any atom is -0.325 e. The average molecular weight is 426 g/mol. The van der Waals surface area contributed by atoms with E-state index in [-0.39, 0.29) is 24.1 Å². The van der Waals surface area contributed by atoms with Gasteiger partial charge in [-0.3, -0.25) is 9.52 Å². The van der Waals surface area contributed by atoms with Crippen molar-refractivity contribution < 1.29 is 13.2 Å². The number of rotatable bonds is 8. The summed E-state index contributed by atoms with van der Waals surface area (Å²) in [6.07, 6.45) is 0.527. The summed E-state index contributed by atoms with van der Waals surface area (Å²) in [6, 6.07) is 14.1. The highest BCUT2D eigenvalue weighted by atomic mass is 35.5. The Balaban J connectivity index is 0.00000392. The van der Waals surface area contributed by atoms with Crippen LogP contribution in [0.4, 0.5) is 11.4 Å². The van der Waals surface area contributed by atoms with Crippen molar-refractivity contribution in [3.05, 3.63) is 59.7 Å². The van der Waals surface area contributed by atoms with Crippen molar-refractivity contribution in [1.82, 2.24) is 0 Å². The monoisotopic (exact) mass is 425 g/mol. The second-order valence-electron chi connectivity index (χ2n) is 6.61. The molecule has 0 aliphatic rings. The van der Waals surface area contributed by atoms with Gasteiger partial charge < -0.3 is 11.1 Å². The van der Waals surface area contributed by atoms with E-state index in [1.54, 1.807) is 39.0 Å². The third kappa shape index (κ3) is 6.22. The fraction of sp³-hybridized carbons (Fsp3) is 0.350.